The van der Waals surface area contributed by atoms with E-state index in [1.807, 2.05) is 32.0 Å². The Hall–Kier alpha value is -1.49. The number of hydrogen-bond donors (Lipinski definition) is 1. The molecule has 0 aliphatic carbocycles. The molecular formula is C32H32Cl6F4N2O2. The number of carbonyl (C=O) groups is 1. The van der Waals surface area contributed by atoms with Gasteiger partial charge in [-0.25, -0.2) is 22.4 Å². The predicted molar refractivity (Wildman–Crippen MR) is 179 cm³/mol. The summed E-state index contributed by atoms with van der Waals surface area (Å²) in [6.07, 6.45) is 1.55. The zero-order valence-corrected chi connectivity index (χ0v) is 29.6. The van der Waals surface area contributed by atoms with E-state index in [9.17, 15) is 22.4 Å². The first-order chi connectivity index (χ1) is 21.5. The maximum atomic E-state index is 14.4. The summed E-state index contributed by atoms with van der Waals surface area (Å²) in [6.45, 7) is 9.17. The standard InChI is InChI=1S/C18H17Cl2F2N.C11H11Cl2F2N.C3H4Cl2O2/c1-18(13-9-14(19)17(22)15(20)16(13)21)7-8-23(11-18)10-12-5-3-2-4-6-12;1-11(2-3-16-5-11)6-4-7(12)10(15)8(13)9(6)14;1-2(4)7-3(5)6/h2-6,9H,7-8,10-11H2,1H3;4,16H,2-3,5H2,1H3;2H,1H3. The molecule has 3 aromatic rings. The fraction of sp³-hybridized carbons (Fsp3) is 0.406. The highest BCUT2D eigenvalue weighted by atomic mass is 35.5. The van der Waals surface area contributed by atoms with Crippen molar-refractivity contribution in [1.29, 1.82) is 0 Å². The molecule has 5 rings (SSSR count). The molecule has 0 spiro atoms. The molecule has 3 unspecified atom stereocenters. The number of nitrogens with zero attached hydrogens (tertiary/aromatic N) is 1. The van der Waals surface area contributed by atoms with Gasteiger partial charge in [0.25, 0.3) is 0 Å². The Kier molecular flexibility index (Phi) is 14.2. The molecule has 2 aliphatic rings. The average molecular weight is 765 g/mol. The average Bonchev–Trinajstić information content (AvgIpc) is 3.61. The lowest BCUT2D eigenvalue weighted by Gasteiger charge is -2.26. The van der Waals surface area contributed by atoms with Crippen LogP contribution >= 0.6 is 69.6 Å². The molecule has 3 aromatic carbocycles. The van der Waals surface area contributed by atoms with E-state index < -0.39 is 49.7 Å². The van der Waals surface area contributed by atoms with Crippen LogP contribution in [0.3, 0.4) is 0 Å². The number of alkyl halides is 1. The molecular weight excluding hydrogens is 733 g/mol. The monoisotopic (exact) mass is 762 g/mol. The third kappa shape index (κ3) is 9.79. The van der Waals surface area contributed by atoms with Crippen LogP contribution in [0.2, 0.25) is 20.1 Å². The van der Waals surface area contributed by atoms with Gasteiger partial charge < -0.3 is 10.1 Å². The van der Waals surface area contributed by atoms with E-state index in [2.05, 4.69) is 27.1 Å². The predicted octanol–water partition coefficient (Wildman–Crippen LogP) is 10.9. The maximum absolute atomic E-state index is 14.4. The molecule has 2 saturated heterocycles. The molecule has 0 amide bonds. The minimum absolute atomic E-state index is 0.130. The Morgan fingerprint density at radius 2 is 1.41 bits per heavy atom. The second kappa shape index (κ2) is 16.8. The summed E-state index contributed by atoms with van der Waals surface area (Å²) < 4.78 is 59.4. The minimum atomic E-state index is -0.891. The van der Waals surface area contributed by atoms with E-state index in [1.165, 1.54) is 24.6 Å². The molecule has 2 aliphatic heterocycles. The van der Waals surface area contributed by atoms with Gasteiger partial charge in [0.15, 0.2) is 17.2 Å². The number of halogens is 10. The third-order valence-corrected chi connectivity index (χ3v) is 9.32. The van der Waals surface area contributed by atoms with Gasteiger partial charge in [0.05, 0.1) is 10.0 Å². The zero-order valence-electron chi connectivity index (χ0n) is 25.1. The van der Waals surface area contributed by atoms with Crippen molar-refractivity contribution in [2.75, 3.05) is 26.2 Å². The van der Waals surface area contributed by atoms with Gasteiger partial charge in [-0.3, -0.25) is 4.90 Å². The molecule has 1 N–H and O–H groups in total. The molecule has 0 radical (unpaired) electrons. The van der Waals surface area contributed by atoms with Crippen LogP contribution in [0.5, 0.6) is 0 Å². The molecule has 2 fully saturated rings. The van der Waals surface area contributed by atoms with E-state index in [4.69, 9.17) is 69.6 Å². The van der Waals surface area contributed by atoms with Gasteiger partial charge >= 0.3 is 5.43 Å². The summed E-state index contributed by atoms with van der Waals surface area (Å²) >= 11 is 32.7. The van der Waals surface area contributed by atoms with Gasteiger partial charge in [-0.15, -0.1) is 0 Å². The summed E-state index contributed by atoms with van der Waals surface area (Å²) in [5.74, 6) is -3.18. The minimum Gasteiger partial charge on any atom is -0.434 e. The number of ether oxygens (including phenoxy) is 1. The Morgan fingerprint density at radius 1 is 0.891 bits per heavy atom. The molecule has 3 atom stereocenters. The van der Waals surface area contributed by atoms with E-state index in [1.54, 1.807) is 0 Å². The maximum Gasteiger partial charge on any atom is 0.405 e. The van der Waals surface area contributed by atoms with E-state index in [0.717, 1.165) is 32.5 Å². The number of hydrogen-bond acceptors (Lipinski definition) is 4. The molecule has 252 valence electrons. The van der Waals surface area contributed by atoms with Crippen LogP contribution in [-0.4, -0.2) is 42.1 Å². The van der Waals surface area contributed by atoms with Crippen LogP contribution < -0.4 is 5.32 Å². The fourth-order valence-corrected chi connectivity index (χ4v) is 6.62. The number of carbonyl (C=O) groups excluding carboxylic acids is 1. The topological polar surface area (TPSA) is 41.6 Å². The van der Waals surface area contributed by atoms with Crippen LogP contribution in [0.1, 0.15) is 50.3 Å². The highest BCUT2D eigenvalue weighted by Crippen LogP contribution is 2.41. The first kappa shape index (κ1) is 39.0. The van der Waals surface area contributed by atoms with E-state index in [-0.39, 0.29) is 15.5 Å². The van der Waals surface area contributed by atoms with Crippen LogP contribution in [-0.2, 0) is 22.1 Å². The fourth-order valence-electron chi connectivity index (χ4n) is 5.45. The Labute approximate surface area is 296 Å². The number of nitrogens with one attached hydrogen (secondary N) is 1. The lowest BCUT2D eigenvalue weighted by atomic mass is 9.81. The smallest absolute Gasteiger partial charge is 0.405 e. The van der Waals surface area contributed by atoms with Gasteiger partial charge in [-0.1, -0.05) is 102 Å². The Morgan fingerprint density at radius 3 is 1.85 bits per heavy atom. The summed E-state index contributed by atoms with van der Waals surface area (Å²) in [7, 11) is 0. The Balaban J connectivity index is 0.000000217. The summed E-state index contributed by atoms with van der Waals surface area (Å²) in [5, 5.41) is 1.85. The van der Waals surface area contributed by atoms with Gasteiger partial charge in [-0.2, -0.15) is 0 Å². The van der Waals surface area contributed by atoms with Gasteiger partial charge in [0, 0.05) is 42.1 Å². The highest BCUT2D eigenvalue weighted by molar-refractivity contribution is 6.61. The molecule has 0 bridgehead atoms. The van der Waals surface area contributed by atoms with Crippen molar-refractivity contribution in [2.45, 2.75) is 56.6 Å². The van der Waals surface area contributed by atoms with Crippen molar-refractivity contribution in [3.05, 3.63) is 103 Å². The molecule has 46 heavy (non-hydrogen) atoms. The zero-order chi connectivity index (χ0) is 34.4. The first-order valence-electron chi connectivity index (χ1n) is 14.1. The lowest BCUT2D eigenvalue weighted by Crippen LogP contribution is -2.29. The van der Waals surface area contributed by atoms with Gasteiger partial charge in [0.2, 0.25) is 0 Å². The molecule has 4 nitrogen and oxygen atoms in total. The molecule has 0 saturated carbocycles. The van der Waals surface area contributed by atoms with Crippen LogP contribution in [0, 0.1) is 23.3 Å². The SMILES string of the molecule is CC(Cl)OC(=O)Cl.CC1(c2cc(Cl)c(F)c(Cl)c2F)CCN(Cc2ccccc2)C1.CC1(c2cc(Cl)c(F)c(Cl)c2F)CCNC1. The second-order valence-electron chi connectivity index (χ2n) is 11.6. The van der Waals surface area contributed by atoms with Crippen molar-refractivity contribution in [3.8, 4) is 0 Å². The molecule has 0 aromatic heterocycles. The first-order valence-corrected chi connectivity index (χ1v) is 16.5. The van der Waals surface area contributed by atoms with Crippen molar-refractivity contribution in [3.63, 3.8) is 0 Å². The van der Waals surface area contributed by atoms with Crippen molar-refractivity contribution < 1.29 is 27.1 Å². The van der Waals surface area contributed by atoms with E-state index >= 15 is 0 Å². The number of rotatable bonds is 5. The van der Waals surface area contributed by atoms with Crippen LogP contribution in [0.15, 0.2) is 42.5 Å². The summed E-state index contributed by atoms with van der Waals surface area (Å²) in [5.41, 5.74) is -0.316. The third-order valence-electron chi connectivity index (χ3n) is 7.93. The van der Waals surface area contributed by atoms with E-state index in [0.29, 0.717) is 24.2 Å². The summed E-state index contributed by atoms with van der Waals surface area (Å²) in [4.78, 5) is 12.0. The van der Waals surface area contributed by atoms with Gasteiger partial charge in [-0.05, 0) is 61.7 Å². The second-order valence-corrected chi connectivity index (χ2v) is 14.1. The van der Waals surface area contributed by atoms with Crippen LogP contribution in [0.4, 0.5) is 22.4 Å². The molecule has 14 heteroatoms. The number of likely N-dealkylation sites (tertiary alicyclic amines) is 1. The normalized spacial score (nSPS) is 21.6. The quantitative estimate of drug-likeness (QED) is 0.0924. The highest BCUT2D eigenvalue weighted by Gasteiger charge is 2.39. The Bertz CT molecular complexity index is 1530. The van der Waals surface area contributed by atoms with Crippen molar-refractivity contribution in [1.82, 2.24) is 10.2 Å². The number of benzene rings is 3. The lowest BCUT2D eigenvalue weighted by molar-refractivity contribution is 0.166. The van der Waals surface area contributed by atoms with Crippen molar-refractivity contribution >= 4 is 75.0 Å². The van der Waals surface area contributed by atoms with Gasteiger partial charge in [0.1, 0.15) is 21.7 Å². The summed E-state index contributed by atoms with van der Waals surface area (Å²) in [6, 6.07) is 12.8. The van der Waals surface area contributed by atoms with Crippen molar-refractivity contribution in [2.24, 2.45) is 0 Å². The van der Waals surface area contributed by atoms with Crippen LogP contribution in [0.25, 0.3) is 0 Å². The largest absolute Gasteiger partial charge is 0.434 e. The molecule has 2 heterocycles.